The molecule has 1 aliphatic rings. The fourth-order valence-corrected chi connectivity index (χ4v) is 4.31. The summed E-state index contributed by atoms with van der Waals surface area (Å²) >= 11 is 14.8. The summed E-state index contributed by atoms with van der Waals surface area (Å²) in [5, 5.41) is 3.16. The Hall–Kier alpha value is -1.36. The number of hydrazine groups is 1. The number of carbonyl (C=O) groups excluding carboxylic acids is 1. The standard InChI is InChI=1S/C17H15Cl2N3OSe/c18-13-6-7-14(15(19)8-13)16(23)17(9-24,22-11-20-10-21-22)12-4-2-1-3-5-12/h1-8,10,24H,9,11H2,(H,20,21). The van der Waals surface area contributed by atoms with Crippen molar-refractivity contribution >= 4 is 51.3 Å². The van der Waals surface area contributed by atoms with Gasteiger partial charge in [-0.2, -0.15) is 0 Å². The summed E-state index contributed by atoms with van der Waals surface area (Å²) in [5.74, 6) is -0.103. The van der Waals surface area contributed by atoms with E-state index in [-0.39, 0.29) is 5.78 Å². The van der Waals surface area contributed by atoms with Crippen molar-refractivity contribution in [2.45, 2.75) is 10.9 Å². The number of nitrogens with one attached hydrogen (secondary N) is 1. The van der Waals surface area contributed by atoms with Crippen molar-refractivity contribution in [1.82, 2.24) is 10.4 Å². The Morgan fingerprint density at radius 3 is 2.58 bits per heavy atom. The molecule has 1 atom stereocenters. The van der Waals surface area contributed by atoms with Crippen LogP contribution in [0.3, 0.4) is 0 Å². The molecule has 2 aromatic carbocycles. The molecule has 4 nitrogen and oxygen atoms in total. The van der Waals surface area contributed by atoms with Crippen LogP contribution in [-0.4, -0.2) is 39.8 Å². The Morgan fingerprint density at radius 1 is 1.25 bits per heavy atom. The molecule has 1 heterocycles. The fourth-order valence-electron chi connectivity index (χ4n) is 2.77. The number of halogens is 2. The van der Waals surface area contributed by atoms with Crippen molar-refractivity contribution in [3.05, 3.63) is 69.7 Å². The second kappa shape index (κ2) is 7.26. The zero-order chi connectivity index (χ0) is 17.2. The van der Waals surface area contributed by atoms with Crippen molar-refractivity contribution in [3.8, 4) is 0 Å². The molecule has 24 heavy (non-hydrogen) atoms. The Labute approximate surface area is 158 Å². The summed E-state index contributed by atoms with van der Waals surface area (Å²) in [4.78, 5) is 17.7. The van der Waals surface area contributed by atoms with Gasteiger partial charge < -0.3 is 0 Å². The molecule has 0 spiro atoms. The number of benzene rings is 2. The van der Waals surface area contributed by atoms with E-state index >= 15 is 0 Å². The van der Waals surface area contributed by atoms with Crippen LogP contribution in [0.4, 0.5) is 0 Å². The van der Waals surface area contributed by atoms with E-state index in [9.17, 15) is 4.79 Å². The van der Waals surface area contributed by atoms with E-state index in [1.54, 1.807) is 24.5 Å². The predicted molar refractivity (Wildman–Crippen MR) is 99.2 cm³/mol. The average Bonchev–Trinajstić information content (AvgIpc) is 3.12. The van der Waals surface area contributed by atoms with E-state index < -0.39 is 5.54 Å². The normalized spacial score (nSPS) is 16.6. The molecule has 1 N–H and O–H groups in total. The molecule has 0 fully saturated rings. The Morgan fingerprint density at radius 2 is 2.00 bits per heavy atom. The molecule has 3 rings (SSSR count). The second-order valence-corrected chi connectivity index (χ2v) is 6.86. The summed E-state index contributed by atoms with van der Waals surface area (Å²) in [6.45, 7) is 0.379. The van der Waals surface area contributed by atoms with E-state index in [0.717, 1.165) is 5.56 Å². The molecule has 0 aromatic heterocycles. The first-order chi connectivity index (χ1) is 11.6. The Bertz CT molecular complexity index is 777. The van der Waals surface area contributed by atoms with Gasteiger partial charge in [0.25, 0.3) is 0 Å². The topological polar surface area (TPSA) is 44.7 Å². The molecule has 1 aliphatic heterocycles. The molecule has 124 valence electrons. The monoisotopic (exact) mass is 427 g/mol. The van der Waals surface area contributed by atoms with Crippen molar-refractivity contribution in [2.75, 3.05) is 6.67 Å². The Balaban J connectivity index is 2.15. The van der Waals surface area contributed by atoms with Crippen LogP contribution in [-0.2, 0) is 5.54 Å². The van der Waals surface area contributed by atoms with Gasteiger partial charge in [-0.1, -0.05) is 0 Å². The fraction of sp³-hybridized carbons (Fsp3) is 0.176. The first kappa shape index (κ1) is 17.5. The number of aliphatic imine (C=N–C) groups is 1. The number of rotatable bonds is 5. The van der Waals surface area contributed by atoms with Crippen molar-refractivity contribution in [2.24, 2.45) is 4.99 Å². The summed E-state index contributed by atoms with van der Waals surface area (Å²) in [6, 6.07) is 14.6. The first-order valence-electron chi connectivity index (χ1n) is 7.28. The van der Waals surface area contributed by atoms with Crippen LogP contribution in [0.15, 0.2) is 53.5 Å². The van der Waals surface area contributed by atoms with Crippen molar-refractivity contribution in [1.29, 1.82) is 0 Å². The van der Waals surface area contributed by atoms with Gasteiger partial charge in [0, 0.05) is 0 Å². The zero-order valence-electron chi connectivity index (χ0n) is 12.6. The molecule has 0 aliphatic carbocycles. The SMILES string of the molecule is O=C(c1ccc(Cl)cc1Cl)C(C[SeH])(c1ccccc1)N1CN=CN1. The second-order valence-electron chi connectivity index (χ2n) is 5.35. The minimum absolute atomic E-state index is 0.103. The quantitative estimate of drug-likeness (QED) is 0.589. The Kier molecular flexibility index (Phi) is 5.28. The van der Waals surface area contributed by atoms with Gasteiger partial charge in [0.05, 0.1) is 0 Å². The number of ketones is 1. The maximum absolute atomic E-state index is 13.5. The molecular formula is C17H15Cl2N3OSe. The van der Waals surface area contributed by atoms with Gasteiger partial charge in [-0.3, -0.25) is 0 Å². The van der Waals surface area contributed by atoms with Crippen LogP contribution in [0.5, 0.6) is 0 Å². The molecule has 7 heteroatoms. The van der Waals surface area contributed by atoms with Crippen LogP contribution in [0, 0.1) is 0 Å². The van der Waals surface area contributed by atoms with Crippen molar-refractivity contribution < 1.29 is 4.79 Å². The van der Waals surface area contributed by atoms with Gasteiger partial charge in [-0.05, 0) is 0 Å². The molecule has 0 radical (unpaired) electrons. The van der Waals surface area contributed by atoms with E-state index in [1.807, 2.05) is 35.3 Å². The molecule has 0 amide bonds. The molecule has 0 bridgehead atoms. The molecular weight excluding hydrogens is 412 g/mol. The van der Waals surface area contributed by atoms with E-state index in [1.165, 1.54) is 0 Å². The molecule has 2 aromatic rings. The predicted octanol–water partition coefficient (Wildman–Crippen LogP) is 3.20. The van der Waals surface area contributed by atoms with Crippen LogP contribution in [0.1, 0.15) is 15.9 Å². The van der Waals surface area contributed by atoms with E-state index in [4.69, 9.17) is 23.2 Å². The third-order valence-electron chi connectivity index (χ3n) is 4.02. The van der Waals surface area contributed by atoms with Gasteiger partial charge in [0.15, 0.2) is 0 Å². The van der Waals surface area contributed by atoms with Crippen molar-refractivity contribution in [3.63, 3.8) is 0 Å². The van der Waals surface area contributed by atoms with Crippen LogP contribution >= 0.6 is 23.2 Å². The van der Waals surface area contributed by atoms with Gasteiger partial charge in [0.1, 0.15) is 0 Å². The van der Waals surface area contributed by atoms with Crippen LogP contribution in [0.25, 0.3) is 0 Å². The first-order valence-corrected chi connectivity index (χ1v) is 9.36. The van der Waals surface area contributed by atoms with E-state index in [0.29, 0.717) is 27.6 Å². The van der Waals surface area contributed by atoms with Crippen LogP contribution < -0.4 is 5.43 Å². The summed E-state index contributed by atoms with van der Waals surface area (Å²) in [7, 11) is 0. The third-order valence-corrected chi connectivity index (χ3v) is 5.53. The van der Waals surface area contributed by atoms with Gasteiger partial charge in [-0.15, -0.1) is 0 Å². The summed E-state index contributed by atoms with van der Waals surface area (Å²) in [5.41, 5.74) is 3.44. The summed E-state index contributed by atoms with van der Waals surface area (Å²) < 4.78 is 0. The van der Waals surface area contributed by atoms with Crippen LogP contribution in [0.2, 0.25) is 15.4 Å². The number of hydrogen-bond acceptors (Lipinski definition) is 4. The van der Waals surface area contributed by atoms with Gasteiger partial charge in [-0.25, -0.2) is 0 Å². The number of Topliss-reactive ketones (excluding diaryl/α,β-unsaturated/α-hetero) is 1. The van der Waals surface area contributed by atoms with Gasteiger partial charge >= 0.3 is 159 Å². The van der Waals surface area contributed by atoms with Gasteiger partial charge in [0.2, 0.25) is 0 Å². The number of hydrogen-bond donors (Lipinski definition) is 1. The zero-order valence-corrected chi connectivity index (χ0v) is 16.0. The molecule has 1 unspecified atom stereocenters. The number of carbonyl (C=O) groups is 1. The average molecular weight is 427 g/mol. The molecule has 0 saturated heterocycles. The molecule has 0 saturated carbocycles. The minimum atomic E-state index is -0.935. The third kappa shape index (κ3) is 2.99. The maximum atomic E-state index is 13.5. The van der Waals surface area contributed by atoms with E-state index in [2.05, 4.69) is 26.4 Å². The number of nitrogens with zero attached hydrogens (tertiary/aromatic N) is 2. The summed E-state index contributed by atoms with van der Waals surface area (Å²) in [6.07, 6.45) is 1.59.